The van der Waals surface area contributed by atoms with E-state index in [0.717, 1.165) is 28.3 Å². The topological polar surface area (TPSA) is 65.1 Å². The molecule has 0 saturated heterocycles. The maximum absolute atomic E-state index is 11.5. The van der Waals surface area contributed by atoms with Crippen molar-refractivity contribution in [2.75, 3.05) is 6.54 Å². The summed E-state index contributed by atoms with van der Waals surface area (Å²) >= 11 is 0. The van der Waals surface area contributed by atoms with Crippen molar-refractivity contribution in [3.05, 3.63) is 82.0 Å². The Bertz CT molecular complexity index is 902. The second-order valence-electron chi connectivity index (χ2n) is 6.55. The lowest BCUT2D eigenvalue weighted by Gasteiger charge is -2.17. The highest BCUT2D eigenvalue weighted by atomic mass is 16.6. The number of benzene rings is 2. The molecular formula is C21H22N2O3. The lowest BCUT2D eigenvalue weighted by Crippen LogP contribution is -2.22. The van der Waals surface area contributed by atoms with E-state index >= 15 is 0 Å². The van der Waals surface area contributed by atoms with E-state index in [0.29, 0.717) is 13.0 Å². The third-order valence-electron chi connectivity index (χ3n) is 4.92. The lowest BCUT2D eigenvalue weighted by atomic mass is 9.85. The number of carbonyl (C=O) groups is 1. The second-order valence-corrected chi connectivity index (χ2v) is 6.55. The molecule has 0 aliphatic carbocycles. The zero-order valence-electron chi connectivity index (χ0n) is 14.7. The summed E-state index contributed by atoms with van der Waals surface area (Å²) in [5.41, 5.74) is 3.07. The molecule has 0 saturated carbocycles. The van der Waals surface area contributed by atoms with Gasteiger partial charge in [-0.05, 0) is 23.6 Å². The van der Waals surface area contributed by atoms with Gasteiger partial charge >= 0.3 is 0 Å². The minimum atomic E-state index is -0.422. The number of para-hydroxylation sites is 1. The largest absolute Gasteiger partial charge is 0.343 e. The molecule has 1 aromatic heterocycles. The van der Waals surface area contributed by atoms with Crippen LogP contribution in [0, 0.1) is 16.0 Å². The van der Waals surface area contributed by atoms with Crippen LogP contribution in [0.15, 0.2) is 60.8 Å². The predicted octanol–water partition coefficient (Wildman–Crippen LogP) is 4.28. The first kappa shape index (κ1) is 17.9. The molecule has 0 amide bonds. The number of hydrogen-bond acceptors (Lipinski definition) is 3. The van der Waals surface area contributed by atoms with Crippen LogP contribution in [0.2, 0.25) is 0 Å². The van der Waals surface area contributed by atoms with Crippen molar-refractivity contribution >= 4 is 17.2 Å². The van der Waals surface area contributed by atoms with Gasteiger partial charge in [-0.1, -0.05) is 55.5 Å². The predicted molar refractivity (Wildman–Crippen MR) is 102 cm³/mol. The van der Waals surface area contributed by atoms with Gasteiger partial charge in [-0.2, -0.15) is 0 Å². The maximum atomic E-state index is 11.5. The van der Waals surface area contributed by atoms with Crippen molar-refractivity contribution in [3.8, 4) is 0 Å². The van der Waals surface area contributed by atoms with Gasteiger partial charge < -0.3 is 9.36 Å². The highest BCUT2D eigenvalue weighted by molar-refractivity contribution is 5.85. The summed E-state index contributed by atoms with van der Waals surface area (Å²) in [6.07, 6.45) is 3.43. The number of nitro groups is 1. The summed E-state index contributed by atoms with van der Waals surface area (Å²) in [4.78, 5) is 22.5. The van der Waals surface area contributed by atoms with Crippen molar-refractivity contribution in [1.29, 1.82) is 0 Å². The molecule has 0 spiro atoms. The van der Waals surface area contributed by atoms with Gasteiger partial charge in [0.25, 0.3) is 0 Å². The van der Waals surface area contributed by atoms with Gasteiger partial charge in [-0.15, -0.1) is 0 Å². The molecule has 3 aromatic rings. The van der Waals surface area contributed by atoms with Crippen LogP contribution in [0.1, 0.15) is 30.4 Å². The summed E-state index contributed by atoms with van der Waals surface area (Å²) in [7, 11) is 0. The van der Waals surface area contributed by atoms with Gasteiger partial charge in [0.15, 0.2) is 0 Å². The maximum Gasteiger partial charge on any atom is 0.211 e. The molecule has 5 nitrogen and oxygen atoms in total. The molecule has 134 valence electrons. The molecule has 2 unspecified atom stereocenters. The first-order chi connectivity index (χ1) is 12.6. The monoisotopic (exact) mass is 350 g/mol. The van der Waals surface area contributed by atoms with E-state index in [1.807, 2.05) is 55.6 Å². The number of fused-ring (bicyclic) bond motifs is 1. The number of hydrogen-bond donors (Lipinski definition) is 0. The minimum Gasteiger partial charge on any atom is -0.343 e. The van der Waals surface area contributed by atoms with Crippen LogP contribution in [0.3, 0.4) is 0 Å². The van der Waals surface area contributed by atoms with Gasteiger partial charge in [0.05, 0.1) is 5.92 Å². The fourth-order valence-corrected chi connectivity index (χ4v) is 3.58. The average molecular weight is 350 g/mol. The Hall–Kier alpha value is -2.95. The molecule has 2 atom stereocenters. The summed E-state index contributed by atoms with van der Waals surface area (Å²) in [5.74, 6) is -0.786. The Kier molecular flexibility index (Phi) is 5.46. The number of aldehydes is 1. The van der Waals surface area contributed by atoms with E-state index < -0.39 is 5.92 Å². The minimum absolute atomic E-state index is 0.239. The summed E-state index contributed by atoms with van der Waals surface area (Å²) < 4.78 is 2.12. The van der Waals surface area contributed by atoms with Gasteiger partial charge in [-0.25, -0.2) is 0 Å². The highest BCUT2D eigenvalue weighted by Crippen LogP contribution is 2.34. The molecule has 0 aliphatic heterocycles. The number of nitrogens with zero attached hydrogens (tertiary/aromatic N) is 2. The number of carbonyl (C=O) groups excluding carboxylic acids is 1. The molecule has 26 heavy (non-hydrogen) atoms. The van der Waals surface area contributed by atoms with Crippen molar-refractivity contribution in [1.82, 2.24) is 4.57 Å². The molecule has 5 heteroatoms. The standard InChI is InChI=1S/C21H22N2O3/c1-2-17(15-24)19(14-23(25)26)20-13-22(12-16-8-4-3-5-9-16)21-11-7-6-10-18(20)21/h3-11,13,15,17,19H,2,12,14H2,1H3. The molecule has 2 aromatic carbocycles. The zero-order chi connectivity index (χ0) is 18.5. The third-order valence-corrected chi connectivity index (χ3v) is 4.92. The van der Waals surface area contributed by atoms with Crippen LogP contribution >= 0.6 is 0 Å². The Morgan fingerprint density at radius 3 is 2.46 bits per heavy atom. The van der Waals surface area contributed by atoms with E-state index in [-0.39, 0.29) is 17.4 Å². The van der Waals surface area contributed by atoms with Crippen LogP contribution in [-0.2, 0) is 11.3 Å². The third kappa shape index (κ3) is 3.67. The van der Waals surface area contributed by atoms with Crippen LogP contribution in [0.4, 0.5) is 0 Å². The second kappa shape index (κ2) is 7.95. The van der Waals surface area contributed by atoms with Gasteiger partial charge in [0.2, 0.25) is 6.54 Å². The number of aromatic nitrogens is 1. The first-order valence-corrected chi connectivity index (χ1v) is 8.82. The molecule has 0 fully saturated rings. The van der Waals surface area contributed by atoms with E-state index in [1.54, 1.807) is 0 Å². The SMILES string of the molecule is CCC(C=O)C(C[N+](=O)[O-])c1cn(Cc2ccccc2)c2ccccc12. The van der Waals surface area contributed by atoms with Crippen LogP contribution in [-0.4, -0.2) is 22.3 Å². The highest BCUT2D eigenvalue weighted by Gasteiger charge is 2.29. The molecule has 0 aliphatic rings. The summed E-state index contributed by atoms with van der Waals surface area (Å²) in [6, 6.07) is 18.0. The van der Waals surface area contributed by atoms with Gasteiger partial charge in [-0.3, -0.25) is 10.1 Å². The van der Waals surface area contributed by atoms with Gasteiger partial charge in [0, 0.05) is 34.5 Å². The molecule has 0 radical (unpaired) electrons. The van der Waals surface area contributed by atoms with Crippen LogP contribution < -0.4 is 0 Å². The van der Waals surface area contributed by atoms with Crippen molar-refractivity contribution in [3.63, 3.8) is 0 Å². The van der Waals surface area contributed by atoms with Crippen LogP contribution in [0.25, 0.3) is 10.9 Å². The Morgan fingerprint density at radius 1 is 1.12 bits per heavy atom. The fourth-order valence-electron chi connectivity index (χ4n) is 3.58. The molecule has 0 bridgehead atoms. The lowest BCUT2D eigenvalue weighted by molar-refractivity contribution is -0.484. The molecule has 1 heterocycles. The smallest absolute Gasteiger partial charge is 0.211 e. The normalized spacial score (nSPS) is 13.4. The zero-order valence-corrected chi connectivity index (χ0v) is 14.7. The molecule has 0 N–H and O–H groups in total. The van der Waals surface area contributed by atoms with Crippen molar-refractivity contribution in [2.24, 2.45) is 5.92 Å². The average Bonchev–Trinajstić information content (AvgIpc) is 3.01. The Balaban J connectivity index is 2.09. The van der Waals surface area contributed by atoms with Crippen LogP contribution in [0.5, 0.6) is 0 Å². The molecular weight excluding hydrogens is 328 g/mol. The number of rotatable bonds is 8. The van der Waals surface area contributed by atoms with Crippen molar-refractivity contribution < 1.29 is 9.72 Å². The van der Waals surface area contributed by atoms with E-state index in [4.69, 9.17) is 0 Å². The van der Waals surface area contributed by atoms with Crippen molar-refractivity contribution in [2.45, 2.75) is 25.8 Å². The Morgan fingerprint density at radius 2 is 1.81 bits per heavy atom. The molecule has 3 rings (SSSR count). The van der Waals surface area contributed by atoms with E-state index in [2.05, 4.69) is 16.7 Å². The van der Waals surface area contributed by atoms with E-state index in [9.17, 15) is 14.9 Å². The quantitative estimate of drug-likeness (QED) is 0.346. The van der Waals surface area contributed by atoms with E-state index in [1.165, 1.54) is 0 Å². The first-order valence-electron chi connectivity index (χ1n) is 8.82. The Labute approximate surface area is 152 Å². The van der Waals surface area contributed by atoms with Gasteiger partial charge in [0.1, 0.15) is 6.29 Å². The summed E-state index contributed by atoms with van der Waals surface area (Å²) in [5, 5.41) is 12.2. The fraction of sp³-hybridized carbons (Fsp3) is 0.286. The summed E-state index contributed by atoms with van der Waals surface area (Å²) in [6.45, 7) is 2.34.